The lowest BCUT2D eigenvalue weighted by molar-refractivity contribution is -0.0798. The third-order valence-corrected chi connectivity index (χ3v) is 2.47. The number of ether oxygens (including phenoxy) is 1. The first-order valence-corrected chi connectivity index (χ1v) is 5.98. The lowest BCUT2D eigenvalue weighted by atomic mass is 10.2. The van der Waals surface area contributed by atoms with Gasteiger partial charge in [-0.05, 0) is 13.8 Å². The summed E-state index contributed by atoms with van der Waals surface area (Å²) in [5, 5.41) is 5.09. The smallest absolute Gasteiger partial charge is 0.354 e. The van der Waals surface area contributed by atoms with Crippen LogP contribution in [-0.4, -0.2) is 53.8 Å². The Morgan fingerprint density at radius 2 is 2.12 bits per heavy atom. The van der Waals surface area contributed by atoms with Crippen LogP contribution in [-0.2, 0) is 4.74 Å². The molecular formula is C9H17ClN4O3. The fourth-order valence-corrected chi connectivity index (χ4v) is 1.88. The maximum Gasteiger partial charge on any atom is 0.354 e. The number of urea groups is 1. The van der Waals surface area contributed by atoms with E-state index < -0.39 is 6.03 Å². The number of amides is 2. The van der Waals surface area contributed by atoms with Crippen molar-refractivity contribution in [1.29, 1.82) is 0 Å². The maximum atomic E-state index is 11.6. The van der Waals surface area contributed by atoms with Gasteiger partial charge < -0.3 is 4.74 Å². The predicted octanol–water partition coefficient (Wildman–Crippen LogP) is 0.942. The molecule has 2 unspecified atom stereocenters. The van der Waals surface area contributed by atoms with Gasteiger partial charge in [-0.1, -0.05) is 0 Å². The summed E-state index contributed by atoms with van der Waals surface area (Å²) < 4.78 is 5.52. The van der Waals surface area contributed by atoms with Crippen molar-refractivity contribution in [2.75, 3.05) is 25.5 Å². The van der Waals surface area contributed by atoms with E-state index in [9.17, 15) is 9.70 Å². The molecule has 1 rings (SSSR count). The first kappa shape index (κ1) is 14.1. The van der Waals surface area contributed by atoms with E-state index in [-0.39, 0.29) is 24.6 Å². The minimum atomic E-state index is -0.568. The summed E-state index contributed by atoms with van der Waals surface area (Å²) in [5.41, 5.74) is 2.60. The van der Waals surface area contributed by atoms with Gasteiger partial charge in [-0.25, -0.2) is 9.80 Å². The molecule has 7 nitrogen and oxygen atoms in total. The molecule has 2 atom stereocenters. The molecule has 98 valence electrons. The van der Waals surface area contributed by atoms with Crippen molar-refractivity contribution >= 4 is 17.6 Å². The number of halogens is 1. The highest BCUT2D eigenvalue weighted by molar-refractivity contribution is 6.18. The van der Waals surface area contributed by atoms with E-state index in [1.807, 2.05) is 13.8 Å². The van der Waals surface area contributed by atoms with Crippen LogP contribution in [0.3, 0.4) is 0 Å². The molecule has 17 heavy (non-hydrogen) atoms. The van der Waals surface area contributed by atoms with Gasteiger partial charge in [-0.15, -0.1) is 16.5 Å². The Balaban J connectivity index is 2.46. The zero-order chi connectivity index (χ0) is 12.8. The van der Waals surface area contributed by atoms with Crippen LogP contribution in [0.15, 0.2) is 5.29 Å². The Labute approximate surface area is 105 Å². The summed E-state index contributed by atoms with van der Waals surface area (Å²) in [6.45, 7) is 5.08. The van der Waals surface area contributed by atoms with Gasteiger partial charge in [0, 0.05) is 19.0 Å². The molecule has 2 amide bonds. The molecule has 0 aromatic heterocycles. The van der Waals surface area contributed by atoms with Gasteiger partial charge in [0.25, 0.3) is 0 Å². The predicted molar refractivity (Wildman–Crippen MR) is 63.3 cm³/mol. The number of hydrogen-bond donors (Lipinski definition) is 1. The van der Waals surface area contributed by atoms with Crippen LogP contribution in [0.4, 0.5) is 4.79 Å². The largest absolute Gasteiger partial charge is 0.373 e. The second kappa shape index (κ2) is 6.73. The Hall–Kier alpha value is -0.920. The van der Waals surface area contributed by atoms with E-state index in [2.05, 4.69) is 10.7 Å². The molecule has 0 saturated carbocycles. The number of alkyl halides is 1. The SMILES string of the molecule is CC1CN(NC(=O)N(CCCl)N=O)CC(C)O1. The summed E-state index contributed by atoms with van der Waals surface area (Å²) in [6.07, 6.45) is 0.0643. The summed E-state index contributed by atoms with van der Waals surface area (Å²) in [5.74, 6) is 0.162. The first-order chi connectivity index (χ1) is 8.06. The average molecular weight is 265 g/mol. The van der Waals surface area contributed by atoms with Gasteiger partial charge >= 0.3 is 6.03 Å². The van der Waals surface area contributed by atoms with Crippen molar-refractivity contribution in [3.63, 3.8) is 0 Å². The summed E-state index contributed by atoms with van der Waals surface area (Å²) in [4.78, 5) is 22.0. The zero-order valence-electron chi connectivity index (χ0n) is 9.93. The fraction of sp³-hybridized carbons (Fsp3) is 0.889. The molecular weight excluding hydrogens is 248 g/mol. The maximum absolute atomic E-state index is 11.6. The van der Waals surface area contributed by atoms with Crippen LogP contribution in [0.2, 0.25) is 0 Å². The summed E-state index contributed by atoms with van der Waals surface area (Å²) in [6, 6.07) is -0.568. The van der Waals surface area contributed by atoms with Crippen molar-refractivity contribution in [3.8, 4) is 0 Å². The highest BCUT2D eigenvalue weighted by Crippen LogP contribution is 2.08. The molecule has 1 aliphatic rings. The van der Waals surface area contributed by atoms with Crippen LogP contribution in [0.1, 0.15) is 13.8 Å². The fourth-order valence-electron chi connectivity index (χ4n) is 1.72. The molecule has 1 aliphatic heterocycles. The number of carbonyl (C=O) groups is 1. The van der Waals surface area contributed by atoms with Crippen LogP contribution >= 0.6 is 11.6 Å². The normalized spacial score (nSPS) is 25.4. The summed E-state index contributed by atoms with van der Waals surface area (Å²) in [7, 11) is 0. The van der Waals surface area contributed by atoms with E-state index in [0.29, 0.717) is 13.1 Å². The van der Waals surface area contributed by atoms with Crippen molar-refractivity contribution in [2.45, 2.75) is 26.1 Å². The minimum absolute atomic E-state index is 0.0321. The highest BCUT2D eigenvalue weighted by atomic mass is 35.5. The third-order valence-electron chi connectivity index (χ3n) is 2.30. The number of nitrogens with zero attached hydrogens (tertiary/aromatic N) is 3. The highest BCUT2D eigenvalue weighted by Gasteiger charge is 2.25. The quantitative estimate of drug-likeness (QED) is 0.466. The van der Waals surface area contributed by atoms with E-state index in [1.165, 1.54) is 0 Å². The average Bonchev–Trinajstić information content (AvgIpc) is 2.24. The van der Waals surface area contributed by atoms with Gasteiger partial charge in [0.2, 0.25) is 0 Å². The Morgan fingerprint density at radius 1 is 1.53 bits per heavy atom. The summed E-state index contributed by atoms with van der Waals surface area (Å²) >= 11 is 5.45. The number of morpholine rings is 1. The van der Waals surface area contributed by atoms with Gasteiger partial charge in [-0.3, -0.25) is 5.43 Å². The lowest BCUT2D eigenvalue weighted by Crippen LogP contribution is -2.55. The number of rotatable bonds is 4. The topological polar surface area (TPSA) is 74.2 Å². The molecule has 1 fully saturated rings. The van der Waals surface area contributed by atoms with E-state index in [4.69, 9.17) is 16.3 Å². The molecule has 0 aliphatic carbocycles. The Kier molecular flexibility index (Phi) is 5.60. The van der Waals surface area contributed by atoms with Crippen molar-refractivity contribution in [3.05, 3.63) is 4.91 Å². The first-order valence-electron chi connectivity index (χ1n) is 5.44. The minimum Gasteiger partial charge on any atom is -0.373 e. The van der Waals surface area contributed by atoms with Crippen molar-refractivity contribution < 1.29 is 9.53 Å². The number of nitroso groups, excluding NO2 is 1. The van der Waals surface area contributed by atoms with Crippen LogP contribution < -0.4 is 5.43 Å². The van der Waals surface area contributed by atoms with E-state index in [1.54, 1.807) is 5.01 Å². The van der Waals surface area contributed by atoms with Gasteiger partial charge in [0.05, 0.1) is 24.0 Å². The molecule has 1 heterocycles. The van der Waals surface area contributed by atoms with Crippen LogP contribution in [0.25, 0.3) is 0 Å². The molecule has 0 aromatic carbocycles. The number of hydrazine groups is 1. The molecule has 8 heteroatoms. The van der Waals surface area contributed by atoms with Crippen molar-refractivity contribution in [2.24, 2.45) is 5.29 Å². The molecule has 1 N–H and O–H groups in total. The van der Waals surface area contributed by atoms with Crippen molar-refractivity contribution in [1.82, 2.24) is 15.4 Å². The lowest BCUT2D eigenvalue weighted by Gasteiger charge is -2.35. The standard InChI is InChI=1S/C9H17ClN4O3/c1-7-5-13(6-8(2)17-7)11-9(15)14(12-16)4-3-10/h7-8H,3-6H2,1-2H3,(H,11,15). The Bertz CT molecular complexity index is 269. The van der Waals surface area contributed by atoms with Crippen LogP contribution in [0, 0.1) is 4.91 Å². The van der Waals surface area contributed by atoms with Gasteiger partial charge in [0.1, 0.15) is 0 Å². The molecule has 0 bridgehead atoms. The second-order valence-corrected chi connectivity index (χ2v) is 4.35. The molecule has 0 aromatic rings. The monoisotopic (exact) mass is 264 g/mol. The number of nitrogens with one attached hydrogen (secondary N) is 1. The molecule has 1 saturated heterocycles. The number of hydrogen-bond acceptors (Lipinski definition) is 5. The van der Waals surface area contributed by atoms with Crippen LogP contribution in [0.5, 0.6) is 0 Å². The number of carbonyl (C=O) groups excluding carboxylic acids is 1. The Morgan fingerprint density at radius 3 is 2.59 bits per heavy atom. The second-order valence-electron chi connectivity index (χ2n) is 3.97. The molecule has 0 spiro atoms. The van der Waals surface area contributed by atoms with E-state index in [0.717, 1.165) is 5.01 Å². The molecule has 0 radical (unpaired) electrons. The van der Waals surface area contributed by atoms with Gasteiger partial charge in [0.15, 0.2) is 0 Å². The third kappa shape index (κ3) is 4.45. The van der Waals surface area contributed by atoms with Gasteiger partial charge in [-0.2, -0.15) is 5.01 Å². The zero-order valence-corrected chi connectivity index (χ0v) is 10.7. The van der Waals surface area contributed by atoms with E-state index >= 15 is 0 Å².